The van der Waals surface area contributed by atoms with E-state index in [0.29, 0.717) is 23.3 Å². The first-order valence-electron chi connectivity index (χ1n) is 8.37. The fraction of sp³-hybridized carbons (Fsp3) is 0.158. The molecule has 0 unspecified atom stereocenters. The number of aryl methyl sites for hydroxylation is 2. The molecule has 4 aromatic rings. The van der Waals surface area contributed by atoms with E-state index in [0.717, 1.165) is 22.5 Å². The number of benzene rings is 1. The van der Waals surface area contributed by atoms with Crippen molar-refractivity contribution in [2.24, 2.45) is 0 Å². The number of aromatic amines is 1. The molecule has 0 atom stereocenters. The predicted molar refractivity (Wildman–Crippen MR) is 95.5 cm³/mol. The molecule has 4 heterocycles. The van der Waals surface area contributed by atoms with Crippen LogP contribution in [0.4, 0.5) is 4.39 Å². The number of nitrogens with one attached hydrogen (secondary N) is 1. The molecular weight excluding hydrogens is 351 g/mol. The number of aromatic nitrogens is 4. The van der Waals surface area contributed by atoms with Crippen molar-refractivity contribution in [2.75, 3.05) is 6.61 Å². The lowest BCUT2D eigenvalue weighted by Gasteiger charge is -2.08. The average Bonchev–Trinajstić information content (AvgIpc) is 3.32. The Labute approximate surface area is 153 Å². The molecular formula is C19H15FN4O3. The van der Waals surface area contributed by atoms with Crippen molar-refractivity contribution in [1.29, 1.82) is 0 Å². The van der Waals surface area contributed by atoms with E-state index < -0.39 is 5.82 Å². The molecule has 0 bridgehead atoms. The van der Waals surface area contributed by atoms with Gasteiger partial charge in [0.1, 0.15) is 30.5 Å². The SMILES string of the molecule is Cc1cc2c(F)c(Oc3ncnn4cc(OCC5=CO5)c(C)c34)ccc2[nH]1. The highest BCUT2D eigenvalue weighted by Gasteiger charge is 2.19. The Morgan fingerprint density at radius 3 is 2.93 bits per heavy atom. The monoisotopic (exact) mass is 366 g/mol. The smallest absolute Gasteiger partial charge is 0.247 e. The van der Waals surface area contributed by atoms with Crippen LogP contribution >= 0.6 is 0 Å². The molecule has 136 valence electrons. The number of nitrogens with zero attached hydrogens (tertiary/aromatic N) is 3. The second kappa shape index (κ2) is 5.73. The summed E-state index contributed by atoms with van der Waals surface area (Å²) in [7, 11) is 0. The molecule has 1 N–H and O–H groups in total. The van der Waals surface area contributed by atoms with E-state index in [1.807, 2.05) is 13.8 Å². The zero-order valence-corrected chi connectivity index (χ0v) is 14.6. The lowest BCUT2D eigenvalue weighted by atomic mass is 10.2. The maximum atomic E-state index is 14.9. The summed E-state index contributed by atoms with van der Waals surface area (Å²) in [4.78, 5) is 7.29. The fourth-order valence-electron chi connectivity index (χ4n) is 3.06. The fourth-order valence-corrected chi connectivity index (χ4v) is 3.06. The zero-order chi connectivity index (χ0) is 18.5. The summed E-state index contributed by atoms with van der Waals surface area (Å²) in [6, 6.07) is 5.11. The first-order valence-corrected chi connectivity index (χ1v) is 8.37. The summed E-state index contributed by atoms with van der Waals surface area (Å²) in [6.07, 6.45) is 4.72. The van der Waals surface area contributed by atoms with E-state index >= 15 is 0 Å². The number of ether oxygens (including phenoxy) is 3. The van der Waals surface area contributed by atoms with Crippen molar-refractivity contribution in [1.82, 2.24) is 19.6 Å². The molecule has 1 aliphatic rings. The minimum absolute atomic E-state index is 0.0988. The van der Waals surface area contributed by atoms with Crippen molar-refractivity contribution >= 4 is 16.4 Å². The van der Waals surface area contributed by atoms with E-state index in [-0.39, 0.29) is 11.6 Å². The number of halogens is 1. The Bertz CT molecular complexity index is 1220. The molecule has 0 radical (unpaired) electrons. The number of hydrogen-bond acceptors (Lipinski definition) is 5. The second-order valence-electron chi connectivity index (χ2n) is 6.36. The van der Waals surface area contributed by atoms with Gasteiger partial charge >= 0.3 is 0 Å². The Kier molecular flexibility index (Phi) is 3.33. The highest BCUT2D eigenvalue weighted by molar-refractivity contribution is 5.83. The third-order valence-corrected chi connectivity index (χ3v) is 4.45. The topological polar surface area (TPSA) is 77.0 Å². The van der Waals surface area contributed by atoms with Crippen molar-refractivity contribution in [3.63, 3.8) is 0 Å². The first kappa shape index (κ1) is 15.7. The van der Waals surface area contributed by atoms with Crippen LogP contribution in [0.25, 0.3) is 16.4 Å². The Balaban J connectivity index is 1.54. The number of fused-ring (bicyclic) bond motifs is 2. The molecule has 3 aromatic heterocycles. The zero-order valence-electron chi connectivity index (χ0n) is 14.6. The molecule has 0 fully saturated rings. The van der Waals surface area contributed by atoms with E-state index in [9.17, 15) is 4.39 Å². The molecule has 5 rings (SSSR count). The van der Waals surface area contributed by atoms with Crippen molar-refractivity contribution in [2.45, 2.75) is 13.8 Å². The summed E-state index contributed by atoms with van der Waals surface area (Å²) in [5, 5.41) is 4.66. The van der Waals surface area contributed by atoms with Gasteiger partial charge in [-0.25, -0.2) is 8.91 Å². The highest BCUT2D eigenvalue weighted by atomic mass is 19.1. The molecule has 0 aliphatic carbocycles. The molecule has 0 saturated carbocycles. The number of H-pyrrole nitrogens is 1. The van der Waals surface area contributed by atoms with Gasteiger partial charge in [0.15, 0.2) is 17.3 Å². The van der Waals surface area contributed by atoms with Crippen molar-refractivity contribution in [3.05, 3.63) is 59.8 Å². The van der Waals surface area contributed by atoms with Gasteiger partial charge in [-0.2, -0.15) is 10.1 Å². The first-order chi connectivity index (χ1) is 13.1. The number of hydrogen-bond donors (Lipinski definition) is 1. The van der Waals surface area contributed by atoms with Crippen molar-refractivity contribution in [3.8, 4) is 17.4 Å². The van der Waals surface area contributed by atoms with E-state index in [2.05, 4.69) is 15.1 Å². The predicted octanol–water partition coefficient (Wildman–Crippen LogP) is 4.01. The van der Waals surface area contributed by atoms with Gasteiger partial charge < -0.3 is 19.2 Å². The third kappa shape index (κ3) is 2.66. The highest BCUT2D eigenvalue weighted by Crippen LogP contribution is 2.35. The van der Waals surface area contributed by atoms with E-state index in [1.54, 1.807) is 35.2 Å². The van der Waals surface area contributed by atoms with Crippen molar-refractivity contribution < 1.29 is 18.6 Å². The summed E-state index contributed by atoms with van der Waals surface area (Å²) in [6.45, 7) is 4.10. The van der Waals surface area contributed by atoms with Crippen LogP contribution in [0.5, 0.6) is 17.4 Å². The molecule has 0 saturated heterocycles. The van der Waals surface area contributed by atoms with Crippen LogP contribution in [-0.4, -0.2) is 26.2 Å². The maximum absolute atomic E-state index is 14.9. The quantitative estimate of drug-likeness (QED) is 0.577. The largest absolute Gasteiger partial charge is 0.484 e. The van der Waals surface area contributed by atoms with Crippen LogP contribution in [-0.2, 0) is 4.74 Å². The summed E-state index contributed by atoms with van der Waals surface area (Å²) >= 11 is 0. The second-order valence-corrected chi connectivity index (χ2v) is 6.36. The van der Waals surface area contributed by atoms with Gasteiger partial charge in [0, 0.05) is 22.2 Å². The summed E-state index contributed by atoms with van der Waals surface area (Å²) in [5.74, 6) is 1.33. The normalized spacial score (nSPS) is 12.9. The van der Waals surface area contributed by atoms with Gasteiger partial charge in [0.05, 0.1) is 6.20 Å². The van der Waals surface area contributed by atoms with Gasteiger partial charge in [-0.1, -0.05) is 0 Å². The minimum atomic E-state index is -0.438. The van der Waals surface area contributed by atoms with Crippen LogP contribution < -0.4 is 9.47 Å². The molecule has 0 amide bonds. The van der Waals surface area contributed by atoms with Gasteiger partial charge in [0.2, 0.25) is 5.88 Å². The van der Waals surface area contributed by atoms with E-state index in [4.69, 9.17) is 14.2 Å². The lowest BCUT2D eigenvalue weighted by molar-refractivity contribution is 0.314. The maximum Gasteiger partial charge on any atom is 0.247 e. The summed E-state index contributed by atoms with van der Waals surface area (Å²) < 4.78 is 33.0. The van der Waals surface area contributed by atoms with Gasteiger partial charge in [-0.15, -0.1) is 0 Å². The van der Waals surface area contributed by atoms with Gasteiger partial charge in [-0.3, -0.25) is 0 Å². The molecule has 7 nitrogen and oxygen atoms in total. The molecule has 8 heteroatoms. The van der Waals surface area contributed by atoms with E-state index in [1.165, 1.54) is 6.33 Å². The Morgan fingerprint density at radius 2 is 2.11 bits per heavy atom. The molecule has 27 heavy (non-hydrogen) atoms. The third-order valence-electron chi connectivity index (χ3n) is 4.45. The molecule has 1 aliphatic heterocycles. The van der Waals surface area contributed by atoms with Crippen LogP contribution in [0.1, 0.15) is 11.3 Å². The van der Waals surface area contributed by atoms with Gasteiger partial charge in [0.25, 0.3) is 0 Å². The van der Waals surface area contributed by atoms with Crippen LogP contribution in [0, 0.1) is 19.7 Å². The number of rotatable bonds is 5. The Hall–Kier alpha value is -3.55. The average molecular weight is 366 g/mol. The molecule has 1 aromatic carbocycles. The van der Waals surface area contributed by atoms with Crippen LogP contribution in [0.3, 0.4) is 0 Å². The lowest BCUT2D eigenvalue weighted by Crippen LogP contribution is -1.98. The minimum Gasteiger partial charge on any atom is -0.484 e. The van der Waals surface area contributed by atoms with Crippen LogP contribution in [0.15, 0.2) is 42.7 Å². The van der Waals surface area contributed by atoms with Crippen LogP contribution in [0.2, 0.25) is 0 Å². The van der Waals surface area contributed by atoms with Gasteiger partial charge in [-0.05, 0) is 32.0 Å². The standard InChI is InChI=1S/C19H15FN4O3/c1-10-5-13-14(23-10)3-4-15(17(13)20)27-19-18-11(2)16(26-8-12-7-25-12)6-24(18)22-9-21-19/h3-7,9,23H,8H2,1-2H3. The molecule has 0 spiro atoms. The Morgan fingerprint density at radius 1 is 1.26 bits per heavy atom. The summed E-state index contributed by atoms with van der Waals surface area (Å²) in [5.41, 5.74) is 3.01.